The van der Waals surface area contributed by atoms with E-state index in [0.29, 0.717) is 12.3 Å². The van der Waals surface area contributed by atoms with E-state index in [9.17, 15) is 4.79 Å². The molecule has 1 unspecified atom stereocenters. The van der Waals surface area contributed by atoms with Crippen molar-refractivity contribution in [3.63, 3.8) is 0 Å². The van der Waals surface area contributed by atoms with Crippen molar-refractivity contribution in [1.82, 2.24) is 0 Å². The Balaban J connectivity index is 2.09. The van der Waals surface area contributed by atoms with Crippen molar-refractivity contribution in [3.8, 4) is 0 Å². The Morgan fingerprint density at radius 2 is 1.74 bits per heavy atom. The molecule has 2 heteroatoms. The molecule has 0 heterocycles. The SMILES string of the molecule is COC(=O)CC1CCCc2cc3c(cc21)C(C)(C)CCC3(C)C. The summed E-state index contributed by atoms with van der Waals surface area (Å²) in [6.45, 7) is 9.49. The zero-order chi connectivity index (χ0) is 16.8. The van der Waals surface area contributed by atoms with E-state index in [1.165, 1.54) is 48.6 Å². The number of hydrogen-bond acceptors (Lipinski definition) is 2. The average molecular weight is 314 g/mol. The summed E-state index contributed by atoms with van der Waals surface area (Å²) in [5.41, 5.74) is 6.40. The minimum absolute atomic E-state index is 0.0832. The highest BCUT2D eigenvalue weighted by Gasteiger charge is 2.38. The first-order valence-corrected chi connectivity index (χ1v) is 8.99. The van der Waals surface area contributed by atoms with Crippen molar-refractivity contribution >= 4 is 5.97 Å². The van der Waals surface area contributed by atoms with Crippen LogP contribution in [0.5, 0.6) is 0 Å². The van der Waals surface area contributed by atoms with Gasteiger partial charge in [0.2, 0.25) is 0 Å². The second-order valence-electron chi connectivity index (χ2n) is 8.73. The van der Waals surface area contributed by atoms with Crippen LogP contribution >= 0.6 is 0 Å². The monoisotopic (exact) mass is 314 g/mol. The molecule has 0 amide bonds. The topological polar surface area (TPSA) is 26.3 Å². The summed E-state index contributed by atoms with van der Waals surface area (Å²) < 4.78 is 4.92. The Hall–Kier alpha value is -1.31. The van der Waals surface area contributed by atoms with E-state index < -0.39 is 0 Å². The Labute approximate surface area is 140 Å². The number of benzene rings is 1. The van der Waals surface area contributed by atoms with Crippen LogP contribution in [-0.4, -0.2) is 13.1 Å². The summed E-state index contributed by atoms with van der Waals surface area (Å²) in [5, 5.41) is 0. The van der Waals surface area contributed by atoms with E-state index >= 15 is 0 Å². The second-order valence-corrected chi connectivity index (χ2v) is 8.73. The number of ether oxygens (including phenoxy) is 1. The Bertz CT molecular complexity index is 625. The standard InChI is InChI=1S/C21H30O2/c1-20(2)9-10-21(3,4)18-13-16-14(11-17(18)20)7-6-8-15(16)12-19(22)23-5/h11,13,15H,6-10,12H2,1-5H3. The van der Waals surface area contributed by atoms with Gasteiger partial charge in [0.15, 0.2) is 0 Å². The molecule has 1 aromatic rings. The number of fused-ring (bicyclic) bond motifs is 2. The number of carbonyl (C=O) groups excluding carboxylic acids is 1. The van der Waals surface area contributed by atoms with Gasteiger partial charge in [-0.05, 0) is 71.1 Å². The van der Waals surface area contributed by atoms with Crippen molar-refractivity contribution < 1.29 is 9.53 Å². The lowest BCUT2D eigenvalue weighted by Gasteiger charge is -2.43. The molecule has 0 fully saturated rings. The highest BCUT2D eigenvalue weighted by atomic mass is 16.5. The normalized spacial score (nSPS) is 24.5. The summed E-state index contributed by atoms with van der Waals surface area (Å²) in [6.07, 6.45) is 6.43. The number of carbonyl (C=O) groups is 1. The molecule has 0 aromatic heterocycles. The van der Waals surface area contributed by atoms with Crippen LogP contribution in [0.15, 0.2) is 12.1 Å². The van der Waals surface area contributed by atoms with E-state index in [0.717, 1.165) is 12.8 Å². The number of methoxy groups -OCH3 is 1. The predicted molar refractivity (Wildman–Crippen MR) is 94.0 cm³/mol. The van der Waals surface area contributed by atoms with Crippen LogP contribution in [-0.2, 0) is 26.8 Å². The third-order valence-corrected chi connectivity index (χ3v) is 6.19. The molecular formula is C21H30O2. The molecule has 0 radical (unpaired) electrons. The summed E-state index contributed by atoms with van der Waals surface area (Å²) >= 11 is 0. The molecule has 0 saturated heterocycles. The van der Waals surface area contributed by atoms with Crippen molar-refractivity contribution in [2.45, 2.75) is 83.0 Å². The maximum absolute atomic E-state index is 11.8. The van der Waals surface area contributed by atoms with E-state index in [1.54, 1.807) is 0 Å². The molecule has 0 aliphatic heterocycles. The van der Waals surface area contributed by atoms with Gasteiger partial charge in [-0.25, -0.2) is 0 Å². The van der Waals surface area contributed by atoms with Gasteiger partial charge < -0.3 is 4.74 Å². The molecule has 0 spiro atoms. The fourth-order valence-electron chi connectivity index (χ4n) is 4.46. The molecule has 3 rings (SSSR count). The van der Waals surface area contributed by atoms with Crippen molar-refractivity contribution in [3.05, 3.63) is 34.4 Å². The summed E-state index contributed by atoms with van der Waals surface area (Å²) in [5.74, 6) is 0.248. The maximum atomic E-state index is 11.8. The third-order valence-electron chi connectivity index (χ3n) is 6.19. The molecule has 0 bridgehead atoms. The Kier molecular flexibility index (Phi) is 4.06. The average Bonchev–Trinajstić information content (AvgIpc) is 2.51. The minimum atomic E-state index is -0.0832. The van der Waals surface area contributed by atoms with Crippen LogP contribution in [0.2, 0.25) is 0 Å². The van der Waals surface area contributed by atoms with Gasteiger partial charge in [-0.3, -0.25) is 4.79 Å². The van der Waals surface area contributed by atoms with Crippen LogP contribution in [0.3, 0.4) is 0 Å². The van der Waals surface area contributed by atoms with Gasteiger partial charge >= 0.3 is 5.97 Å². The van der Waals surface area contributed by atoms with Gasteiger partial charge in [-0.1, -0.05) is 39.8 Å². The fourth-order valence-corrected chi connectivity index (χ4v) is 4.46. The fraction of sp³-hybridized carbons (Fsp3) is 0.667. The smallest absolute Gasteiger partial charge is 0.306 e. The second kappa shape index (κ2) is 5.65. The quantitative estimate of drug-likeness (QED) is 0.717. The third kappa shape index (κ3) is 2.93. The largest absolute Gasteiger partial charge is 0.469 e. The van der Waals surface area contributed by atoms with Crippen molar-refractivity contribution in [2.75, 3.05) is 7.11 Å². The molecular weight excluding hydrogens is 284 g/mol. The van der Waals surface area contributed by atoms with E-state index in [1.807, 2.05) is 0 Å². The van der Waals surface area contributed by atoms with Gasteiger partial charge in [0.05, 0.1) is 13.5 Å². The lowest BCUT2D eigenvalue weighted by Crippen LogP contribution is -2.34. The molecule has 126 valence electrons. The van der Waals surface area contributed by atoms with Crippen molar-refractivity contribution in [1.29, 1.82) is 0 Å². The van der Waals surface area contributed by atoms with Gasteiger partial charge in [-0.2, -0.15) is 0 Å². The summed E-state index contributed by atoms with van der Waals surface area (Å²) in [7, 11) is 1.49. The minimum Gasteiger partial charge on any atom is -0.469 e. The van der Waals surface area contributed by atoms with E-state index in [4.69, 9.17) is 4.74 Å². The molecule has 23 heavy (non-hydrogen) atoms. The molecule has 2 aliphatic carbocycles. The summed E-state index contributed by atoms with van der Waals surface area (Å²) in [6, 6.07) is 4.91. The highest BCUT2D eigenvalue weighted by molar-refractivity contribution is 5.70. The van der Waals surface area contributed by atoms with Gasteiger partial charge in [0, 0.05) is 0 Å². The molecule has 2 nitrogen and oxygen atoms in total. The maximum Gasteiger partial charge on any atom is 0.306 e. The Morgan fingerprint density at radius 3 is 2.35 bits per heavy atom. The number of aryl methyl sites for hydroxylation is 1. The van der Waals surface area contributed by atoms with Gasteiger partial charge in [0.25, 0.3) is 0 Å². The van der Waals surface area contributed by atoms with Crippen LogP contribution in [0, 0.1) is 0 Å². The zero-order valence-corrected chi connectivity index (χ0v) is 15.3. The first kappa shape index (κ1) is 16.5. The van der Waals surface area contributed by atoms with Crippen LogP contribution in [0.25, 0.3) is 0 Å². The highest BCUT2D eigenvalue weighted by Crippen LogP contribution is 2.48. The van der Waals surface area contributed by atoms with Crippen molar-refractivity contribution in [2.24, 2.45) is 0 Å². The molecule has 1 atom stereocenters. The van der Waals surface area contributed by atoms with Gasteiger partial charge in [0.1, 0.15) is 0 Å². The molecule has 1 aromatic carbocycles. The number of rotatable bonds is 2. The summed E-state index contributed by atoms with van der Waals surface area (Å²) in [4.78, 5) is 11.8. The van der Waals surface area contributed by atoms with Crippen LogP contribution in [0.4, 0.5) is 0 Å². The van der Waals surface area contributed by atoms with Gasteiger partial charge in [-0.15, -0.1) is 0 Å². The molecule has 0 saturated carbocycles. The first-order valence-electron chi connectivity index (χ1n) is 8.99. The number of esters is 1. The van der Waals surface area contributed by atoms with Crippen LogP contribution in [0.1, 0.15) is 88.0 Å². The number of hydrogen-bond donors (Lipinski definition) is 0. The molecule has 0 N–H and O–H groups in total. The zero-order valence-electron chi connectivity index (χ0n) is 15.3. The predicted octanol–water partition coefficient (Wildman–Crippen LogP) is 5.02. The Morgan fingerprint density at radius 1 is 1.13 bits per heavy atom. The lowest BCUT2D eigenvalue weighted by atomic mass is 9.61. The molecule has 2 aliphatic rings. The first-order chi connectivity index (χ1) is 10.7. The van der Waals surface area contributed by atoms with E-state index in [-0.39, 0.29) is 16.8 Å². The van der Waals surface area contributed by atoms with E-state index in [2.05, 4.69) is 39.8 Å². The lowest BCUT2D eigenvalue weighted by molar-refractivity contribution is -0.141. The van der Waals surface area contributed by atoms with Crippen LogP contribution < -0.4 is 0 Å².